The van der Waals surface area contributed by atoms with Gasteiger partial charge in [-0.2, -0.15) is 0 Å². The van der Waals surface area contributed by atoms with Gasteiger partial charge < -0.3 is 21.5 Å². The molecule has 0 fully saturated rings. The zero-order valence-electron chi connectivity index (χ0n) is 9.47. The zero-order valence-corrected chi connectivity index (χ0v) is 10.3. The summed E-state index contributed by atoms with van der Waals surface area (Å²) in [7, 11) is 0. The normalized spacial score (nSPS) is 15.6. The molecule has 0 radical (unpaired) electrons. The smallest absolute Gasteiger partial charge is 0.243 e. The van der Waals surface area contributed by atoms with Crippen LogP contribution in [0.15, 0.2) is 23.1 Å². The third kappa shape index (κ3) is 2.81. The predicted molar refractivity (Wildman–Crippen MR) is 69.5 cm³/mol. The van der Waals surface area contributed by atoms with Crippen molar-refractivity contribution in [1.29, 1.82) is 0 Å². The van der Waals surface area contributed by atoms with E-state index in [1.54, 1.807) is 12.1 Å². The van der Waals surface area contributed by atoms with Gasteiger partial charge in [0.15, 0.2) is 0 Å². The molecule has 0 aromatic heterocycles. The Morgan fingerprint density at radius 3 is 3.11 bits per heavy atom. The Balaban J connectivity index is 2.13. The monoisotopic (exact) mass is 267 g/mol. The molecule has 1 aromatic rings. The molecule has 0 saturated heterocycles. The number of fused-ring (bicyclic) bond motifs is 1. The fourth-order valence-corrected chi connectivity index (χ4v) is 2.27. The van der Waals surface area contributed by atoms with Gasteiger partial charge in [0.05, 0.1) is 18.0 Å². The summed E-state index contributed by atoms with van der Waals surface area (Å²) in [6.07, 6.45) is 0. The summed E-state index contributed by atoms with van der Waals surface area (Å²) in [5.74, 6) is -0.135. The van der Waals surface area contributed by atoms with Crippen LogP contribution in [0.3, 0.4) is 0 Å². The number of rotatable bonds is 3. The standard InChI is InChI=1S/C11H13N3O3S/c12-7(4-15)11(17)13-6-1-2-9-8(3-6)14-10(16)5-18-9/h1-3,7,15H,4-5,12H2,(H,13,17)(H,14,16). The minimum Gasteiger partial charge on any atom is -0.394 e. The molecular formula is C11H13N3O3S. The van der Waals surface area contributed by atoms with Gasteiger partial charge in [0, 0.05) is 10.6 Å². The Hall–Kier alpha value is -1.57. The number of nitrogens with one attached hydrogen (secondary N) is 2. The van der Waals surface area contributed by atoms with Crippen LogP contribution in [0.5, 0.6) is 0 Å². The molecule has 96 valence electrons. The second kappa shape index (κ2) is 5.38. The van der Waals surface area contributed by atoms with Crippen LogP contribution in [-0.2, 0) is 9.59 Å². The molecule has 0 aliphatic carbocycles. The summed E-state index contributed by atoms with van der Waals surface area (Å²) in [4.78, 5) is 23.7. The van der Waals surface area contributed by atoms with Crippen molar-refractivity contribution in [3.63, 3.8) is 0 Å². The lowest BCUT2D eigenvalue weighted by molar-refractivity contribution is -0.118. The lowest BCUT2D eigenvalue weighted by Crippen LogP contribution is -2.38. The number of carbonyl (C=O) groups excluding carboxylic acids is 2. The minimum absolute atomic E-state index is 0.0666. The summed E-state index contributed by atoms with van der Waals surface area (Å²) in [5, 5.41) is 14.1. The fraction of sp³-hybridized carbons (Fsp3) is 0.273. The molecule has 1 aliphatic heterocycles. The van der Waals surface area contributed by atoms with Gasteiger partial charge in [0.1, 0.15) is 6.04 Å². The van der Waals surface area contributed by atoms with Crippen LogP contribution in [0.1, 0.15) is 0 Å². The van der Waals surface area contributed by atoms with E-state index in [0.29, 0.717) is 17.1 Å². The summed E-state index contributed by atoms with van der Waals surface area (Å²) in [6.45, 7) is -0.413. The molecule has 1 aromatic carbocycles. The molecule has 2 amide bonds. The Bertz CT molecular complexity index is 492. The average molecular weight is 267 g/mol. The van der Waals surface area contributed by atoms with Crippen LogP contribution in [0.25, 0.3) is 0 Å². The van der Waals surface area contributed by atoms with Crippen molar-refractivity contribution in [2.45, 2.75) is 10.9 Å². The van der Waals surface area contributed by atoms with E-state index in [0.717, 1.165) is 4.90 Å². The van der Waals surface area contributed by atoms with E-state index in [9.17, 15) is 9.59 Å². The van der Waals surface area contributed by atoms with E-state index < -0.39 is 18.6 Å². The lowest BCUT2D eigenvalue weighted by atomic mass is 10.2. The highest BCUT2D eigenvalue weighted by Crippen LogP contribution is 2.33. The SMILES string of the molecule is NC(CO)C(=O)Nc1ccc2c(c1)NC(=O)CS2. The van der Waals surface area contributed by atoms with Crippen LogP contribution >= 0.6 is 11.8 Å². The maximum atomic E-state index is 11.5. The Morgan fingerprint density at radius 1 is 1.61 bits per heavy atom. The Morgan fingerprint density at radius 2 is 2.39 bits per heavy atom. The number of thioether (sulfide) groups is 1. The highest BCUT2D eigenvalue weighted by atomic mass is 32.2. The summed E-state index contributed by atoms with van der Waals surface area (Å²) >= 11 is 1.45. The summed E-state index contributed by atoms with van der Waals surface area (Å²) < 4.78 is 0. The second-order valence-electron chi connectivity index (χ2n) is 3.83. The Kier molecular flexibility index (Phi) is 3.85. The van der Waals surface area contributed by atoms with E-state index in [4.69, 9.17) is 10.8 Å². The highest BCUT2D eigenvalue weighted by molar-refractivity contribution is 8.00. The van der Waals surface area contributed by atoms with Gasteiger partial charge in [-0.15, -0.1) is 11.8 Å². The molecule has 2 rings (SSSR count). The molecule has 1 atom stereocenters. The largest absolute Gasteiger partial charge is 0.394 e. The number of anilines is 2. The van der Waals surface area contributed by atoms with E-state index in [-0.39, 0.29) is 5.91 Å². The van der Waals surface area contributed by atoms with Gasteiger partial charge in [-0.25, -0.2) is 0 Å². The van der Waals surface area contributed by atoms with Gasteiger partial charge in [-0.1, -0.05) is 0 Å². The van der Waals surface area contributed by atoms with Gasteiger partial charge in [0.2, 0.25) is 11.8 Å². The van der Waals surface area contributed by atoms with Gasteiger partial charge >= 0.3 is 0 Å². The quantitative estimate of drug-likeness (QED) is 0.616. The minimum atomic E-state index is -0.954. The van der Waals surface area contributed by atoms with Crippen molar-refractivity contribution in [3.05, 3.63) is 18.2 Å². The number of hydrogen-bond acceptors (Lipinski definition) is 5. The van der Waals surface area contributed by atoms with Crippen molar-refractivity contribution < 1.29 is 14.7 Å². The van der Waals surface area contributed by atoms with E-state index in [2.05, 4.69) is 10.6 Å². The third-order valence-corrected chi connectivity index (χ3v) is 3.49. The lowest BCUT2D eigenvalue weighted by Gasteiger charge is -2.17. The molecular weight excluding hydrogens is 254 g/mol. The summed E-state index contributed by atoms with van der Waals surface area (Å²) in [5.41, 5.74) is 6.59. The Labute approximate surface area is 108 Å². The summed E-state index contributed by atoms with van der Waals surface area (Å²) in [6, 6.07) is 4.26. The van der Waals surface area contributed by atoms with Gasteiger partial charge in [-0.3, -0.25) is 9.59 Å². The van der Waals surface area contributed by atoms with Crippen LogP contribution in [-0.4, -0.2) is 35.3 Å². The molecule has 0 bridgehead atoms. The number of carbonyl (C=O) groups is 2. The molecule has 0 saturated carbocycles. The number of nitrogens with two attached hydrogens (primary N) is 1. The first-order valence-corrected chi connectivity index (χ1v) is 6.32. The zero-order chi connectivity index (χ0) is 13.1. The topological polar surface area (TPSA) is 104 Å². The third-order valence-electron chi connectivity index (χ3n) is 2.41. The van der Waals surface area contributed by atoms with Crippen molar-refractivity contribution in [1.82, 2.24) is 0 Å². The maximum Gasteiger partial charge on any atom is 0.243 e. The van der Waals surface area contributed by atoms with E-state index in [1.165, 1.54) is 11.8 Å². The highest BCUT2D eigenvalue weighted by Gasteiger charge is 2.17. The van der Waals surface area contributed by atoms with Crippen LogP contribution in [0.4, 0.5) is 11.4 Å². The van der Waals surface area contributed by atoms with Crippen molar-refractivity contribution in [2.75, 3.05) is 23.0 Å². The first-order valence-electron chi connectivity index (χ1n) is 5.34. The molecule has 1 heterocycles. The average Bonchev–Trinajstić information content (AvgIpc) is 2.37. The molecule has 18 heavy (non-hydrogen) atoms. The van der Waals surface area contributed by atoms with E-state index in [1.807, 2.05) is 6.07 Å². The van der Waals surface area contributed by atoms with Crippen molar-refractivity contribution >= 4 is 35.0 Å². The molecule has 7 heteroatoms. The number of hydrogen-bond donors (Lipinski definition) is 4. The fourth-order valence-electron chi connectivity index (χ4n) is 1.48. The van der Waals surface area contributed by atoms with Gasteiger partial charge in [-0.05, 0) is 18.2 Å². The molecule has 1 unspecified atom stereocenters. The molecule has 6 nitrogen and oxygen atoms in total. The number of aliphatic hydroxyl groups is 1. The van der Waals surface area contributed by atoms with Crippen LogP contribution in [0.2, 0.25) is 0 Å². The van der Waals surface area contributed by atoms with E-state index >= 15 is 0 Å². The number of aliphatic hydroxyl groups excluding tert-OH is 1. The molecule has 0 spiro atoms. The maximum absolute atomic E-state index is 11.5. The molecule has 5 N–H and O–H groups in total. The first-order chi connectivity index (χ1) is 8.60. The van der Waals surface area contributed by atoms with Crippen LogP contribution < -0.4 is 16.4 Å². The number of amides is 2. The second-order valence-corrected chi connectivity index (χ2v) is 4.84. The van der Waals surface area contributed by atoms with Gasteiger partial charge in [0.25, 0.3) is 0 Å². The predicted octanol–water partition coefficient (Wildman–Crippen LogP) is -0.0111. The number of benzene rings is 1. The van der Waals surface area contributed by atoms with Crippen LogP contribution in [0, 0.1) is 0 Å². The van der Waals surface area contributed by atoms with Crippen molar-refractivity contribution in [3.8, 4) is 0 Å². The first kappa shape index (κ1) is 12.9. The van der Waals surface area contributed by atoms with Crippen molar-refractivity contribution in [2.24, 2.45) is 5.73 Å². The molecule has 1 aliphatic rings.